The number of hydrogen-bond acceptors (Lipinski definition) is 2. The minimum Gasteiger partial charge on any atom is -0.481 e. The molecule has 0 saturated heterocycles. The summed E-state index contributed by atoms with van der Waals surface area (Å²) in [5.74, 6) is -0.812. The first-order valence-corrected chi connectivity index (χ1v) is 3.91. The highest BCUT2D eigenvalue weighted by Crippen LogP contribution is 2.27. The summed E-state index contributed by atoms with van der Waals surface area (Å²) in [5, 5.41) is 17.4. The van der Waals surface area contributed by atoms with Gasteiger partial charge in [-0.15, -0.1) is 0 Å². The quantitative estimate of drug-likeness (QED) is 0.636. The summed E-state index contributed by atoms with van der Waals surface area (Å²) in [6.07, 6.45) is 1.81. The van der Waals surface area contributed by atoms with Gasteiger partial charge in [0.25, 0.3) is 0 Å². The summed E-state index contributed by atoms with van der Waals surface area (Å²) in [4.78, 5) is 10.7. The van der Waals surface area contributed by atoms with E-state index in [-0.39, 0.29) is 6.61 Å². The SMILES string of the molecule is CCCC(C)(CCO)C(=O)O. The van der Waals surface area contributed by atoms with Gasteiger partial charge in [0.15, 0.2) is 0 Å². The molecule has 0 fully saturated rings. The van der Waals surface area contributed by atoms with Gasteiger partial charge in [-0.3, -0.25) is 4.79 Å². The van der Waals surface area contributed by atoms with Gasteiger partial charge in [0, 0.05) is 6.61 Å². The first kappa shape index (κ1) is 10.4. The van der Waals surface area contributed by atoms with E-state index in [9.17, 15) is 4.79 Å². The predicted octanol–water partition coefficient (Wildman–Crippen LogP) is 1.26. The van der Waals surface area contributed by atoms with Gasteiger partial charge >= 0.3 is 5.97 Å². The molecular weight excluding hydrogens is 144 g/mol. The molecule has 0 saturated carbocycles. The lowest BCUT2D eigenvalue weighted by Crippen LogP contribution is -2.28. The standard InChI is InChI=1S/C8H16O3/c1-3-4-8(2,5-6-9)7(10)11/h9H,3-6H2,1-2H3,(H,10,11). The molecule has 0 bridgehead atoms. The van der Waals surface area contributed by atoms with Crippen LogP contribution >= 0.6 is 0 Å². The van der Waals surface area contributed by atoms with E-state index in [0.717, 1.165) is 6.42 Å². The van der Waals surface area contributed by atoms with E-state index in [2.05, 4.69) is 0 Å². The molecule has 0 aliphatic heterocycles. The third kappa shape index (κ3) is 2.89. The third-order valence-corrected chi connectivity index (χ3v) is 1.98. The molecule has 0 radical (unpaired) electrons. The fraction of sp³-hybridized carbons (Fsp3) is 0.875. The fourth-order valence-corrected chi connectivity index (χ4v) is 1.14. The van der Waals surface area contributed by atoms with Crippen molar-refractivity contribution in [3.05, 3.63) is 0 Å². The lowest BCUT2D eigenvalue weighted by molar-refractivity contribution is -0.149. The first-order chi connectivity index (χ1) is 5.06. The molecule has 0 aliphatic carbocycles. The molecule has 3 nitrogen and oxygen atoms in total. The van der Waals surface area contributed by atoms with Crippen LogP contribution in [0.2, 0.25) is 0 Å². The van der Waals surface area contributed by atoms with Gasteiger partial charge in [0.05, 0.1) is 5.41 Å². The highest BCUT2D eigenvalue weighted by atomic mass is 16.4. The zero-order valence-electron chi connectivity index (χ0n) is 7.13. The van der Waals surface area contributed by atoms with Gasteiger partial charge in [-0.25, -0.2) is 0 Å². The zero-order valence-corrected chi connectivity index (χ0v) is 7.13. The van der Waals surface area contributed by atoms with Crippen molar-refractivity contribution in [1.82, 2.24) is 0 Å². The van der Waals surface area contributed by atoms with Crippen LogP contribution in [0.1, 0.15) is 33.1 Å². The monoisotopic (exact) mass is 160 g/mol. The van der Waals surface area contributed by atoms with Crippen LogP contribution in [-0.4, -0.2) is 22.8 Å². The Morgan fingerprint density at radius 3 is 2.27 bits per heavy atom. The van der Waals surface area contributed by atoms with Crippen LogP contribution in [0.15, 0.2) is 0 Å². The fourth-order valence-electron chi connectivity index (χ4n) is 1.14. The summed E-state index contributed by atoms with van der Waals surface area (Å²) >= 11 is 0. The molecule has 0 aromatic rings. The van der Waals surface area contributed by atoms with E-state index in [1.165, 1.54) is 0 Å². The van der Waals surface area contributed by atoms with Crippen LogP contribution in [0.3, 0.4) is 0 Å². The van der Waals surface area contributed by atoms with Gasteiger partial charge < -0.3 is 10.2 Å². The number of aliphatic hydroxyl groups is 1. The molecule has 1 atom stereocenters. The van der Waals surface area contributed by atoms with Crippen molar-refractivity contribution in [3.8, 4) is 0 Å². The molecule has 2 N–H and O–H groups in total. The van der Waals surface area contributed by atoms with E-state index in [0.29, 0.717) is 12.8 Å². The summed E-state index contributed by atoms with van der Waals surface area (Å²) in [6, 6.07) is 0. The Bertz CT molecular complexity index is 125. The van der Waals surface area contributed by atoms with Crippen LogP contribution in [0.4, 0.5) is 0 Å². The molecule has 0 rings (SSSR count). The van der Waals surface area contributed by atoms with Crippen LogP contribution in [0.5, 0.6) is 0 Å². The summed E-state index contributed by atoms with van der Waals surface area (Å²) < 4.78 is 0. The highest BCUT2D eigenvalue weighted by molar-refractivity contribution is 5.74. The highest BCUT2D eigenvalue weighted by Gasteiger charge is 2.30. The summed E-state index contributed by atoms with van der Waals surface area (Å²) in [6.45, 7) is 3.57. The lowest BCUT2D eigenvalue weighted by Gasteiger charge is -2.22. The number of rotatable bonds is 5. The van der Waals surface area contributed by atoms with E-state index in [1.807, 2.05) is 6.92 Å². The Morgan fingerprint density at radius 1 is 1.45 bits per heavy atom. The number of carboxylic acid groups (broad SMARTS) is 1. The Kier molecular flexibility index (Phi) is 4.11. The molecule has 3 heteroatoms. The van der Waals surface area contributed by atoms with E-state index in [1.54, 1.807) is 6.92 Å². The van der Waals surface area contributed by atoms with Gasteiger partial charge in [-0.2, -0.15) is 0 Å². The molecule has 11 heavy (non-hydrogen) atoms. The van der Waals surface area contributed by atoms with E-state index < -0.39 is 11.4 Å². The maximum absolute atomic E-state index is 10.7. The largest absolute Gasteiger partial charge is 0.481 e. The van der Waals surface area contributed by atoms with Crippen LogP contribution in [-0.2, 0) is 4.79 Å². The van der Waals surface area contributed by atoms with Gasteiger partial charge in [0.2, 0.25) is 0 Å². The summed E-state index contributed by atoms with van der Waals surface area (Å²) in [7, 11) is 0. The van der Waals surface area contributed by atoms with Crippen molar-refractivity contribution in [2.75, 3.05) is 6.61 Å². The second kappa shape index (κ2) is 4.34. The van der Waals surface area contributed by atoms with Crippen LogP contribution < -0.4 is 0 Å². The first-order valence-electron chi connectivity index (χ1n) is 3.91. The lowest BCUT2D eigenvalue weighted by atomic mass is 9.83. The van der Waals surface area contributed by atoms with Crippen LogP contribution in [0, 0.1) is 5.41 Å². The van der Waals surface area contributed by atoms with E-state index in [4.69, 9.17) is 10.2 Å². The third-order valence-electron chi connectivity index (χ3n) is 1.98. The minimum atomic E-state index is -0.812. The molecule has 0 aromatic heterocycles. The van der Waals surface area contributed by atoms with Crippen molar-refractivity contribution >= 4 is 5.97 Å². The molecule has 0 heterocycles. The average molecular weight is 160 g/mol. The smallest absolute Gasteiger partial charge is 0.309 e. The zero-order chi connectivity index (χ0) is 8.91. The predicted molar refractivity (Wildman–Crippen MR) is 42.4 cm³/mol. The number of carbonyl (C=O) groups is 1. The Hall–Kier alpha value is -0.570. The van der Waals surface area contributed by atoms with Gasteiger partial charge in [-0.1, -0.05) is 13.3 Å². The maximum Gasteiger partial charge on any atom is 0.309 e. The number of hydrogen-bond donors (Lipinski definition) is 2. The number of carboxylic acids is 1. The van der Waals surface area contributed by atoms with Crippen LogP contribution in [0.25, 0.3) is 0 Å². The van der Waals surface area contributed by atoms with Gasteiger partial charge in [-0.05, 0) is 19.8 Å². The summed E-state index contributed by atoms with van der Waals surface area (Å²) in [5.41, 5.74) is -0.733. The number of aliphatic carboxylic acids is 1. The second-order valence-corrected chi connectivity index (χ2v) is 3.09. The molecule has 66 valence electrons. The van der Waals surface area contributed by atoms with Crippen molar-refractivity contribution in [1.29, 1.82) is 0 Å². The van der Waals surface area contributed by atoms with Crippen molar-refractivity contribution in [2.24, 2.45) is 5.41 Å². The Balaban J connectivity index is 4.13. The van der Waals surface area contributed by atoms with Gasteiger partial charge in [0.1, 0.15) is 0 Å². The van der Waals surface area contributed by atoms with Crippen molar-refractivity contribution in [3.63, 3.8) is 0 Å². The molecule has 0 spiro atoms. The van der Waals surface area contributed by atoms with Crippen molar-refractivity contribution < 1.29 is 15.0 Å². The normalized spacial score (nSPS) is 15.9. The molecule has 0 aromatic carbocycles. The van der Waals surface area contributed by atoms with Crippen molar-refractivity contribution in [2.45, 2.75) is 33.1 Å². The maximum atomic E-state index is 10.7. The number of aliphatic hydroxyl groups excluding tert-OH is 1. The topological polar surface area (TPSA) is 57.5 Å². The molecular formula is C8H16O3. The van der Waals surface area contributed by atoms with E-state index >= 15 is 0 Å². The minimum absolute atomic E-state index is 0.0528. The Labute approximate surface area is 67.0 Å². The second-order valence-electron chi connectivity index (χ2n) is 3.09. The average Bonchev–Trinajstić information content (AvgIpc) is 1.88. The Morgan fingerprint density at radius 2 is 2.00 bits per heavy atom. The molecule has 0 amide bonds. The molecule has 1 unspecified atom stereocenters. The molecule has 0 aliphatic rings.